The van der Waals surface area contributed by atoms with Gasteiger partial charge in [0.25, 0.3) is 0 Å². The lowest BCUT2D eigenvalue weighted by Crippen LogP contribution is -2.33. The molecular formula is C13H15N3O3S. The highest BCUT2D eigenvalue weighted by atomic mass is 32.1. The van der Waals surface area contributed by atoms with Crippen LogP contribution in [0, 0.1) is 0 Å². The number of aromatic hydroxyl groups is 2. The molecule has 0 radical (unpaired) electrons. The summed E-state index contributed by atoms with van der Waals surface area (Å²) in [5, 5.41) is 24.1. The number of amides is 2. The van der Waals surface area contributed by atoms with E-state index in [0.717, 1.165) is 5.01 Å². The van der Waals surface area contributed by atoms with Crippen molar-refractivity contribution in [2.75, 3.05) is 14.1 Å². The summed E-state index contributed by atoms with van der Waals surface area (Å²) >= 11 is 1.42. The summed E-state index contributed by atoms with van der Waals surface area (Å²) in [5.74, 6) is -0.347. The zero-order valence-corrected chi connectivity index (χ0v) is 11.9. The summed E-state index contributed by atoms with van der Waals surface area (Å²) in [4.78, 5) is 17.2. The van der Waals surface area contributed by atoms with Gasteiger partial charge in [-0.3, -0.25) is 0 Å². The summed E-state index contributed by atoms with van der Waals surface area (Å²) in [7, 11) is 3.34. The molecule has 1 aromatic carbocycles. The van der Waals surface area contributed by atoms with Gasteiger partial charge in [0, 0.05) is 25.0 Å². The first-order chi connectivity index (χ1) is 9.47. The standard InChI is InChI=1S/C13H15N3O3S/c1-16(2)13(19)14-6-12-15-9(7-20-12)8-3-4-10(17)11(18)5-8/h3-5,7,17-18H,6H2,1-2H3,(H,14,19). The van der Waals surface area contributed by atoms with E-state index in [-0.39, 0.29) is 17.5 Å². The molecule has 0 aliphatic heterocycles. The molecule has 1 heterocycles. The molecule has 0 saturated carbocycles. The number of nitrogens with one attached hydrogen (secondary N) is 1. The molecule has 0 unspecified atom stereocenters. The number of benzene rings is 1. The number of carbonyl (C=O) groups excluding carboxylic acids is 1. The van der Waals surface area contributed by atoms with Gasteiger partial charge in [-0.15, -0.1) is 11.3 Å². The Balaban J connectivity index is 2.08. The van der Waals surface area contributed by atoms with Gasteiger partial charge in [0.1, 0.15) is 5.01 Å². The largest absolute Gasteiger partial charge is 0.504 e. The molecule has 0 bridgehead atoms. The zero-order chi connectivity index (χ0) is 14.7. The highest BCUT2D eigenvalue weighted by Gasteiger charge is 2.09. The highest BCUT2D eigenvalue weighted by molar-refractivity contribution is 7.09. The fourth-order valence-corrected chi connectivity index (χ4v) is 2.26. The van der Waals surface area contributed by atoms with Gasteiger partial charge >= 0.3 is 6.03 Å². The molecule has 0 saturated heterocycles. The number of rotatable bonds is 3. The predicted molar refractivity (Wildman–Crippen MR) is 76.8 cm³/mol. The molecular weight excluding hydrogens is 278 g/mol. The molecule has 6 nitrogen and oxygen atoms in total. The lowest BCUT2D eigenvalue weighted by atomic mass is 10.1. The molecule has 2 rings (SSSR count). The van der Waals surface area contributed by atoms with E-state index in [2.05, 4.69) is 10.3 Å². The van der Waals surface area contributed by atoms with E-state index in [9.17, 15) is 15.0 Å². The Bertz CT molecular complexity index is 625. The van der Waals surface area contributed by atoms with Crippen molar-refractivity contribution >= 4 is 17.4 Å². The van der Waals surface area contributed by atoms with Crippen LogP contribution in [0.5, 0.6) is 11.5 Å². The zero-order valence-electron chi connectivity index (χ0n) is 11.1. The number of phenolic OH excluding ortho intramolecular Hbond substituents is 2. The Labute approximate surface area is 120 Å². The average molecular weight is 293 g/mol. The van der Waals surface area contributed by atoms with Crippen molar-refractivity contribution in [2.45, 2.75) is 6.54 Å². The van der Waals surface area contributed by atoms with Crippen LogP contribution in [0.2, 0.25) is 0 Å². The molecule has 106 valence electrons. The Hall–Kier alpha value is -2.28. The topological polar surface area (TPSA) is 85.7 Å². The Morgan fingerprint density at radius 2 is 2.10 bits per heavy atom. The number of urea groups is 1. The number of hydrogen-bond acceptors (Lipinski definition) is 5. The third kappa shape index (κ3) is 3.18. The molecule has 7 heteroatoms. The smallest absolute Gasteiger partial charge is 0.317 e. The van der Waals surface area contributed by atoms with E-state index in [4.69, 9.17) is 0 Å². The second kappa shape index (κ2) is 5.79. The van der Waals surface area contributed by atoms with Crippen molar-refractivity contribution < 1.29 is 15.0 Å². The van der Waals surface area contributed by atoms with Crippen molar-refractivity contribution in [3.8, 4) is 22.8 Å². The van der Waals surface area contributed by atoms with E-state index in [1.807, 2.05) is 5.38 Å². The van der Waals surface area contributed by atoms with Crippen LogP contribution >= 0.6 is 11.3 Å². The van der Waals surface area contributed by atoms with Crippen LogP contribution < -0.4 is 5.32 Å². The third-order valence-electron chi connectivity index (χ3n) is 2.62. The van der Waals surface area contributed by atoms with Crippen molar-refractivity contribution in [1.29, 1.82) is 0 Å². The molecule has 0 aliphatic rings. The van der Waals surface area contributed by atoms with Crippen molar-refractivity contribution in [1.82, 2.24) is 15.2 Å². The molecule has 2 aromatic rings. The minimum Gasteiger partial charge on any atom is -0.504 e. The normalized spacial score (nSPS) is 10.3. The number of hydrogen-bond donors (Lipinski definition) is 3. The molecule has 0 aliphatic carbocycles. The quantitative estimate of drug-likeness (QED) is 0.755. The van der Waals surface area contributed by atoms with Gasteiger partial charge in [0.05, 0.1) is 12.2 Å². The second-order valence-electron chi connectivity index (χ2n) is 4.38. The molecule has 0 spiro atoms. The van der Waals surface area contributed by atoms with Crippen LogP contribution in [-0.4, -0.2) is 40.2 Å². The Morgan fingerprint density at radius 1 is 1.35 bits per heavy atom. The number of thiazole rings is 1. The van der Waals surface area contributed by atoms with Crippen LogP contribution in [-0.2, 0) is 6.54 Å². The van der Waals surface area contributed by atoms with E-state index in [0.29, 0.717) is 17.8 Å². The Morgan fingerprint density at radius 3 is 2.75 bits per heavy atom. The van der Waals surface area contributed by atoms with E-state index >= 15 is 0 Å². The molecule has 1 aromatic heterocycles. The minimum absolute atomic E-state index is 0.164. The van der Waals surface area contributed by atoms with Gasteiger partial charge in [-0.1, -0.05) is 0 Å². The van der Waals surface area contributed by atoms with Crippen LogP contribution in [0.25, 0.3) is 11.3 Å². The monoisotopic (exact) mass is 293 g/mol. The Kier molecular flexibility index (Phi) is 4.09. The van der Waals surface area contributed by atoms with Crippen LogP contribution in [0.4, 0.5) is 4.79 Å². The lowest BCUT2D eigenvalue weighted by molar-refractivity contribution is 0.217. The van der Waals surface area contributed by atoms with Gasteiger partial charge in [-0.2, -0.15) is 0 Å². The van der Waals surface area contributed by atoms with Crippen molar-refractivity contribution in [3.05, 3.63) is 28.6 Å². The van der Waals surface area contributed by atoms with Crippen LogP contribution in [0.3, 0.4) is 0 Å². The predicted octanol–water partition coefficient (Wildman–Crippen LogP) is 1.99. The summed E-state index contributed by atoms with van der Waals surface area (Å²) in [6, 6.07) is 4.36. The number of carbonyl (C=O) groups is 1. The maximum Gasteiger partial charge on any atom is 0.317 e. The molecule has 0 fully saturated rings. The van der Waals surface area contributed by atoms with Crippen LogP contribution in [0.1, 0.15) is 5.01 Å². The number of nitrogens with zero attached hydrogens (tertiary/aromatic N) is 2. The van der Waals surface area contributed by atoms with Gasteiger partial charge in [-0.05, 0) is 18.2 Å². The molecule has 20 heavy (non-hydrogen) atoms. The summed E-state index contributed by atoms with van der Waals surface area (Å²) < 4.78 is 0. The lowest BCUT2D eigenvalue weighted by Gasteiger charge is -2.10. The molecule has 2 amide bonds. The fraction of sp³-hybridized carbons (Fsp3) is 0.231. The molecule has 3 N–H and O–H groups in total. The average Bonchev–Trinajstić information content (AvgIpc) is 2.87. The van der Waals surface area contributed by atoms with Gasteiger partial charge in [0.2, 0.25) is 0 Å². The maximum absolute atomic E-state index is 11.4. The number of aromatic nitrogens is 1. The van der Waals surface area contributed by atoms with Crippen molar-refractivity contribution in [3.63, 3.8) is 0 Å². The highest BCUT2D eigenvalue weighted by Crippen LogP contribution is 2.30. The maximum atomic E-state index is 11.4. The summed E-state index contributed by atoms with van der Waals surface area (Å²) in [6.45, 7) is 0.353. The first kappa shape index (κ1) is 14.1. The van der Waals surface area contributed by atoms with E-state index in [1.165, 1.54) is 28.4 Å². The fourth-order valence-electron chi connectivity index (χ4n) is 1.52. The summed E-state index contributed by atoms with van der Waals surface area (Å²) in [6.07, 6.45) is 0. The van der Waals surface area contributed by atoms with Crippen molar-refractivity contribution in [2.24, 2.45) is 0 Å². The first-order valence-corrected chi connectivity index (χ1v) is 6.77. The van der Waals surface area contributed by atoms with E-state index in [1.54, 1.807) is 20.2 Å². The molecule has 0 atom stereocenters. The minimum atomic E-state index is -0.182. The van der Waals surface area contributed by atoms with Gasteiger partial charge in [0.15, 0.2) is 11.5 Å². The van der Waals surface area contributed by atoms with E-state index < -0.39 is 0 Å². The third-order valence-corrected chi connectivity index (χ3v) is 3.47. The second-order valence-corrected chi connectivity index (χ2v) is 5.33. The van der Waals surface area contributed by atoms with Gasteiger partial charge < -0.3 is 20.4 Å². The first-order valence-electron chi connectivity index (χ1n) is 5.89. The SMILES string of the molecule is CN(C)C(=O)NCc1nc(-c2ccc(O)c(O)c2)cs1. The summed E-state index contributed by atoms with van der Waals surface area (Å²) in [5.41, 5.74) is 1.40. The van der Waals surface area contributed by atoms with Crippen LogP contribution in [0.15, 0.2) is 23.6 Å². The van der Waals surface area contributed by atoms with Gasteiger partial charge in [-0.25, -0.2) is 9.78 Å². The number of phenols is 2.